The Morgan fingerprint density at radius 1 is 1.33 bits per heavy atom. The Labute approximate surface area is 91.1 Å². The van der Waals surface area contributed by atoms with Crippen molar-refractivity contribution >= 4 is 0 Å². The molecule has 0 bridgehead atoms. The summed E-state index contributed by atoms with van der Waals surface area (Å²) < 4.78 is 5.38. The van der Waals surface area contributed by atoms with E-state index in [2.05, 4.69) is 5.32 Å². The standard InChI is InChI=1S/C12H19NO2/c1-12(14,10-15-9-8-13-2)11-6-4-3-5-7-11/h3-7,13-14H,8-10H2,1-2H3. The van der Waals surface area contributed by atoms with Crippen LogP contribution in [0.1, 0.15) is 12.5 Å². The van der Waals surface area contributed by atoms with E-state index in [0.29, 0.717) is 13.2 Å². The molecule has 0 aliphatic rings. The summed E-state index contributed by atoms with van der Waals surface area (Å²) in [6.07, 6.45) is 0. The van der Waals surface area contributed by atoms with Gasteiger partial charge in [0, 0.05) is 6.54 Å². The van der Waals surface area contributed by atoms with Gasteiger partial charge in [-0.3, -0.25) is 0 Å². The maximum atomic E-state index is 10.1. The highest BCUT2D eigenvalue weighted by Crippen LogP contribution is 2.19. The van der Waals surface area contributed by atoms with Gasteiger partial charge in [0.25, 0.3) is 0 Å². The fourth-order valence-electron chi connectivity index (χ4n) is 1.33. The Hall–Kier alpha value is -0.900. The average Bonchev–Trinajstić information content (AvgIpc) is 2.26. The summed E-state index contributed by atoms with van der Waals surface area (Å²) in [6, 6.07) is 9.57. The molecule has 1 unspecified atom stereocenters. The van der Waals surface area contributed by atoms with Crippen LogP contribution < -0.4 is 5.32 Å². The average molecular weight is 209 g/mol. The van der Waals surface area contributed by atoms with Gasteiger partial charge in [-0.1, -0.05) is 30.3 Å². The quantitative estimate of drug-likeness (QED) is 0.690. The molecular weight excluding hydrogens is 190 g/mol. The second-order valence-electron chi connectivity index (χ2n) is 3.80. The molecule has 0 saturated heterocycles. The van der Waals surface area contributed by atoms with E-state index in [0.717, 1.165) is 12.1 Å². The van der Waals surface area contributed by atoms with Crippen molar-refractivity contribution in [3.8, 4) is 0 Å². The summed E-state index contributed by atoms with van der Waals surface area (Å²) in [5.74, 6) is 0. The fraction of sp³-hybridized carbons (Fsp3) is 0.500. The molecule has 0 heterocycles. The smallest absolute Gasteiger partial charge is 0.110 e. The molecule has 1 atom stereocenters. The maximum Gasteiger partial charge on any atom is 0.110 e. The Kier molecular flexibility index (Phi) is 4.75. The van der Waals surface area contributed by atoms with Crippen LogP contribution in [0.2, 0.25) is 0 Å². The van der Waals surface area contributed by atoms with Crippen molar-refractivity contribution in [3.05, 3.63) is 35.9 Å². The Morgan fingerprint density at radius 2 is 2.00 bits per heavy atom. The molecule has 0 spiro atoms. The van der Waals surface area contributed by atoms with E-state index in [1.165, 1.54) is 0 Å². The summed E-state index contributed by atoms with van der Waals surface area (Å²) in [5, 5.41) is 13.1. The lowest BCUT2D eigenvalue weighted by molar-refractivity contribution is -0.0365. The number of ether oxygens (including phenoxy) is 1. The van der Waals surface area contributed by atoms with Crippen molar-refractivity contribution in [1.29, 1.82) is 0 Å². The molecule has 0 fully saturated rings. The minimum atomic E-state index is -0.908. The molecule has 0 amide bonds. The molecule has 2 N–H and O–H groups in total. The molecule has 1 aromatic rings. The molecule has 3 nitrogen and oxygen atoms in total. The van der Waals surface area contributed by atoms with Gasteiger partial charge in [0.05, 0.1) is 13.2 Å². The van der Waals surface area contributed by atoms with Crippen molar-refractivity contribution in [1.82, 2.24) is 5.32 Å². The first-order valence-corrected chi connectivity index (χ1v) is 5.17. The first kappa shape index (κ1) is 12.2. The van der Waals surface area contributed by atoms with Crippen LogP contribution in [0.25, 0.3) is 0 Å². The maximum absolute atomic E-state index is 10.1. The molecule has 0 aromatic heterocycles. The van der Waals surface area contributed by atoms with Crippen molar-refractivity contribution in [2.75, 3.05) is 26.8 Å². The highest BCUT2D eigenvalue weighted by atomic mass is 16.5. The van der Waals surface area contributed by atoms with E-state index < -0.39 is 5.60 Å². The third-order valence-corrected chi connectivity index (χ3v) is 2.28. The van der Waals surface area contributed by atoms with Gasteiger partial charge < -0.3 is 15.2 Å². The van der Waals surface area contributed by atoms with E-state index in [1.54, 1.807) is 6.92 Å². The number of nitrogens with one attached hydrogen (secondary N) is 1. The molecule has 15 heavy (non-hydrogen) atoms. The highest BCUT2D eigenvalue weighted by Gasteiger charge is 2.22. The van der Waals surface area contributed by atoms with Gasteiger partial charge in [0.15, 0.2) is 0 Å². The number of rotatable bonds is 6. The van der Waals surface area contributed by atoms with E-state index in [4.69, 9.17) is 4.74 Å². The number of likely N-dealkylation sites (N-methyl/N-ethyl adjacent to an activating group) is 1. The number of hydrogen-bond donors (Lipinski definition) is 2. The van der Waals surface area contributed by atoms with Crippen LogP contribution in [0.3, 0.4) is 0 Å². The predicted molar refractivity (Wildman–Crippen MR) is 60.8 cm³/mol. The van der Waals surface area contributed by atoms with Crippen LogP contribution in [0, 0.1) is 0 Å². The lowest BCUT2D eigenvalue weighted by Gasteiger charge is -2.23. The summed E-state index contributed by atoms with van der Waals surface area (Å²) >= 11 is 0. The SMILES string of the molecule is CNCCOCC(C)(O)c1ccccc1. The van der Waals surface area contributed by atoms with E-state index in [1.807, 2.05) is 37.4 Å². The topological polar surface area (TPSA) is 41.5 Å². The second kappa shape index (κ2) is 5.85. The van der Waals surface area contributed by atoms with Crippen molar-refractivity contribution in [2.45, 2.75) is 12.5 Å². The van der Waals surface area contributed by atoms with Crippen LogP contribution in [-0.4, -0.2) is 31.9 Å². The lowest BCUT2D eigenvalue weighted by Crippen LogP contribution is -2.29. The Balaban J connectivity index is 2.45. The molecule has 84 valence electrons. The van der Waals surface area contributed by atoms with E-state index >= 15 is 0 Å². The largest absolute Gasteiger partial charge is 0.383 e. The monoisotopic (exact) mass is 209 g/mol. The summed E-state index contributed by atoms with van der Waals surface area (Å²) in [6.45, 7) is 3.49. The fourth-order valence-corrected chi connectivity index (χ4v) is 1.33. The normalized spacial score (nSPS) is 14.9. The minimum absolute atomic E-state index is 0.318. The second-order valence-corrected chi connectivity index (χ2v) is 3.80. The van der Waals surface area contributed by atoms with Gasteiger partial charge in [-0.15, -0.1) is 0 Å². The number of aliphatic hydroxyl groups is 1. The zero-order chi connectivity index (χ0) is 11.1. The summed E-state index contributed by atoms with van der Waals surface area (Å²) in [4.78, 5) is 0. The van der Waals surface area contributed by atoms with Gasteiger partial charge in [0.1, 0.15) is 5.60 Å². The molecule has 0 aliphatic carbocycles. The zero-order valence-corrected chi connectivity index (χ0v) is 9.36. The Morgan fingerprint density at radius 3 is 2.60 bits per heavy atom. The van der Waals surface area contributed by atoms with Crippen LogP contribution in [0.15, 0.2) is 30.3 Å². The van der Waals surface area contributed by atoms with Gasteiger partial charge in [-0.05, 0) is 19.5 Å². The zero-order valence-electron chi connectivity index (χ0n) is 9.36. The van der Waals surface area contributed by atoms with E-state index in [9.17, 15) is 5.11 Å². The molecule has 1 rings (SSSR count). The number of benzene rings is 1. The first-order valence-electron chi connectivity index (χ1n) is 5.17. The molecule has 3 heteroatoms. The van der Waals surface area contributed by atoms with Crippen LogP contribution >= 0.6 is 0 Å². The van der Waals surface area contributed by atoms with Gasteiger partial charge >= 0.3 is 0 Å². The molecule has 0 saturated carbocycles. The van der Waals surface area contributed by atoms with Gasteiger partial charge in [-0.2, -0.15) is 0 Å². The third-order valence-electron chi connectivity index (χ3n) is 2.28. The summed E-state index contributed by atoms with van der Waals surface area (Å²) in [5.41, 5.74) is -0.0240. The Bertz CT molecular complexity index is 272. The van der Waals surface area contributed by atoms with Crippen LogP contribution in [0.4, 0.5) is 0 Å². The number of hydrogen-bond acceptors (Lipinski definition) is 3. The lowest BCUT2D eigenvalue weighted by atomic mass is 9.97. The minimum Gasteiger partial charge on any atom is -0.383 e. The van der Waals surface area contributed by atoms with Crippen LogP contribution in [0.5, 0.6) is 0 Å². The molecular formula is C12H19NO2. The molecule has 1 aromatic carbocycles. The third kappa shape index (κ3) is 4.00. The van der Waals surface area contributed by atoms with Crippen LogP contribution in [-0.2, 0) is 10.3 Å². The highest BCUT2D eigenvalue weighted by molar-refractivity contribution is 5.21. The van der Waals surface area contributed by atoms with Crippen molar-refractivity contribution in [2.24, 2.45) is 0 Å². The molecule has 0 aliphatic heterocycles. The summed E-state index contributed by atoms with van der Waals surface area (Å²) in [7, 11) is 1.87. The van der Waals surface area contributed by atoms with Crippen molar-refractivity contribution in [3.63, 3.8) is 0 Å². The molecule has 0 radical (unpaired) electrons. The predicted octanol–water partition coefficient (Wildman–Crippen LogP) is 1.13. The van der Waals surface area contributed by atoms with Crippen molar-refractivity contribution < 1.29 is 9.84 Å². The first-order chi connectivity index (χ1) is 7.17. The van der Waals surface area contributed by atoms with E-state index in [-0.39, 0.29) is 0 Å². The van der Waals surface area contributed by atoms with Gasteiger partial charge in [0.2, 0.25) is 0 Å². The van der Waals surface area contributed by atoms with Gasteiger partial charge in [-0.25, -0.2) is 0 Å².